The number of fused-ring (bicyclic) bond motifs is 3. The first-order valence-electron chi connectivity index (χ1n) is 9.05. The molecule has 0 N–H and O–H groups in total. The second kappa shape index (κ2) is 5.41. The van der Waals surface area contributed by atoms with E-state index < -0.39 is 0 Å². The van der Waals surface area contributed by atoms with Crippen molar-refractivity contribution in [3.05, 3.63) is 0 Å². The molecule has 0 saturated heterocycles. The molecule has 0 aliphatic heterocycles. The number of rotatable bonds is 0. The van der Waals surface area contributed by atoms with E-state index in [1.54, 1.807) is 38.5 Å². The quantitative estimate of drug-likeness (QED) is 0.498. The summed E-state index contributed by atoms with van der Waals surface area (Å²) >= 11 is 0. The Morgan fingerprint density at radius 2 is 1.47 bits per heavy atom. The highest BCUT2D eigenvalue weighted by atomic mass is 14.5. The third kappa shape index (κ3) is 3.03. The topological polar surface area (TPSA) is 0 Å². The van der Waals surface area contributed by atoms with Crippen LogP contribution in [0.1, 0.15) is 85.0 Å². The molecule has 3 aliphatic rings. The largest absolute Gasteiger partial charge is 0.0625 e. The van der Waals surface area contributed by atoms with Crippen LogP contribution in [-0.2, 0) is 0 Å². The fraction of sp³-hybridized carbons (Fsp3) is 1.00. The van der Waals surface area contributed by atoms with Gasteiger partial charge in [0.2, 0.25) is 0 Å². The lowest BCUT2D eigenvalue weighted by Gasteiger charge is -2.49. The summed E-state index contributed by atoms with van der Waals surface area (Å²) in [5, 5.41) is 0. The van der Waals surface area contributed by atoms with Crippen molar-refractivity contribution in [2.24, 2.45) is 35.0 Å². The van der Waals surface area contributed by atoms with Crippen LogP contribution in [0.25, 0.3) is 0 Å². The highest BCUT2D eigenvalue weighted by Gasteiger charge is 2.42. The molecule has 0 heterocycles. The van der Waals surface area contributed by atoms with Gasteiger partial charge in [0.25, 0.3) is 0 Å². The van der Waals surface area contributed by atoms with Crippen LogP contribution < -0.4 is 0 Å². The maximum absolute atomic E-state index is 2.51. The van der Waals surface area contributed by atoms with E-state index in [9.17, 15) is 0 Å². The lowest BCUT2D eigenvalue weighted by Crippen LogP contribution is -2.39. The van der Waals surface area contributed by atoms with Crippen molar-refractivity contribution in [1.82, 2.24) is 0 Å². The van der Waals surface area contributed by atoms with Gasteiger partial charge in [-0.1, -0.05) is 40.0 Å². The van der Waals surface area contributed by atoms with Crippen molar-refractivity contribution >= 4 is 0 Å². The Balaban J connectivity index is 1.71. The lowest BCUT2D eigenvalue weighted by molar-refractivity contribution is 0.0130. The van der Waals surface area contributed by atoms with Crippen molar-refractivity contribution in [1.29, 1.82) is 0 Å². The molecular formula is C19H34. The summed E-state index contributed by atoms with van der Waals surface area (Å²) in [6.45, 7) is 7.51. The van der Waals surface area contributed by atoms with E-state index in [4.69, 9.17) is 0 Å². The number of hydrogen-bond donors (Lipinski definition) is 0. The van der Waals surface area contributed by atoms with Gasteiger partial charge in [0.15, 0.2) is 0 Å². The van der Waals surface area contributed by atoms with E-state index >= 15 is 0 Å². The van der Waals surface area contributed by atoms with E-state index in [1.165, 1.54) is 25.7 Å². The predicted octanol–water partition coefficient (Wildman–Crippen LogP) is 6.06. The monoisotopic (exact) mass is 262 g/mol. The summed E-state index contributed by atoms with van der Waals surface area (Å²) in [6, 6.07) is 0. The normalized spacial score (nSPS) is 46.6. The van der Waals surface area contributed by atoms with E-state index in [2.05, 4.69) is 20.8 Å². The van der Waals surface area contributed by atoms with E-state index in [1.807, 2.05) is 0 Å². The molecule has 0 amide bonds. The highest BCUT2D eigenvalue weighted by Crippen LogP contribution is 2.52. The van der Waals surface area contributed by atoms with Crippen molar-refractivity contribution in [3.63, 3.8) is 0 Å². The molecule has 3 rings (SSSR count). The van der Waals surface area contributed by atoms with E-state index in [0.717, 1.165) is 29.6 Å². The molecule has 3 aliphatic carbocycles. The fourth-order valence-electron chi connectivity index (χ4n) is 5.74. The summed E-state index contributed by atoms with van der Waals surface area (Å²) < 4.78 is 0. The molecule has 0 heteroatoms. The second-order valence-electron chi connectivity index (χ2n) is 8.94. The number of hydrogen-bond acceptors (Lipinski definition) is 0. The van der Waals surface area contributed by atoms with Crippen LogP contribution in [0.15, 0.2) is 0 Å². The summed E-state index contributed by atoms with van der Waals surface area (Å²) in [5.74, 6) is 5.44. The first-order valence-corrected chi connectivity index (χ1v) is 9.05. The third-order valence-corrected chi connectivity index (χ3v) is 6.95. The Labute approximate surface area is 120 Å². The molecule has 0 aromatic carbocycles. The van der Waals surface area contributed by atoms with Gasteiger partial charge in [-0.3, -0.25) is 0 Å². The SMILES string of the molecule is CC1CCC2C(CCC3CCCC(C)(C)CCC32)C1. The summed E-state index contributed by atoms with van der Waals surface area (Å²) in [4.78, 5) is 0. The van der Waals surface area contributed by atoms with Gasteiger partial charge >= 0.3 is 0 Å². The maximum Gasteiger partial charge on any atom is -0.0354 e. The average Bonchev–Trinajstić information content (AvgIpc) is 2.35. The van der Waals surface area contributed by atoms with Crippen LogP contribution in [0, 0.1) is 35.0 Å². The van der Waals surface area contributed by atoms with Gasteiger partial charge in [0.05, 0.1) is 0 Å². The van der Waals surface area contributed by atoms with Crippen molar-refractivity contribution in [2.75, 3.05) is 0 Å². The van der Waals surface area contributed by atoms with Gasteiger partial charge in [-0.15, -0.1) is 0 Å². The first-order chi connectivity index (χ1) is 9.05. The molecule has 0 spiro atoms. The summed E-state index contributed by atoms with van der Waals surface area (Å²) in [5.41, 5.74) is 0.625. The van der Waals surface area contributed by atoms with Crippen LogP contribution in [0.3, 0.4) is 0 Å². The Morgan fingerprint density at radius 3 is 2.32 bits per heavy atom. The Hall–Kier alpha value is 0. The second-order valence-corrected chi connectivity index (χ2v) is 8.94. The molecule has 5 atom stereocenters. The zero-order valence-corrected chi connectivity index (χ0v) is 13.5. The molecule has 19 heavy (non-hydrogen) atoms. The summed E-state index contributed by atoms with van der Waals surface area (Å²) in [6.07, 6.45) is 15.3. The zero-order valence-electron chi connectivity index (χ0n) is 13.5. The molecule has 0 radical (unpaired) electrons. The maximum atomic E-state index is 2.51. The minimum absolute atomic E-state index is 0.625. The van der Waals surface area contributed by atoms with Crippen LogP contribution in [0.2, 0.25) is 0 Å². The molecule has 3 saturated carbocycles. The Kier molecular flexibility index (Phi) is 3.98. The van der Waals surface area contributed by atoms with Crippen molar-refractivity contribution in [3.8, 4) is 0 Å². The lowest BCUT2D eigenvalue weighted by atomic mass is 9.56. The smallest absolute Gasteiger partial charge is 0.0354 e. The minimum Gasteiger partial charge on any atom is -0.0625 e. The minimum atomic E-state index is 0.625. The molecule has 110 valence electrons. The standard InChI is InChI=1S/C19H34/c1-14-6-9-17-16(13-14)8-7-15-5-4-11-19(2,3)12-10-18(15)17/h14-18H,4-13H2,1-3H3. The van der Waals surface area contributed by atoms with E-state index in [0.29, 0.717) is 5.41 Å². The highest BCUT2D eigenvalue weighted by molar-refractivity contribution is 4.92. The first kappa shape index (κ1) is 14.0. The molecule has 5 unspecified atom stereocenters. The predicted molar refractivity (Wildman–Crippen MR) is 83.1 cm³/mol. The van der Waals surface area contributed by atoms with Gasteiger partial charge in [-0.25, -0.2) is 0 Å². The molecule has 0 bridgehead atoms. The molecular weight excluding hydrogens is 228 g/mol. The molecule has 0 aromatic rings. The molecule has 3 fully saturated rings. The van der Waals surface area contributed by atoms with Crippen LogP contribution >= 0.6 is 0 Å². The van der Waals surface area contributed by atoms with Crippen LogP contribution in [0.5, 0.6) is 0 Å². The van der Waals surface area contributed by atoms with Crippen LogP contribution in [0.4, 0.5) is 0 Å². The summed E-state index contributed by atoms with van der Waals surface area (Å²) in [7, 11) is 0. The van der Waals surface area contributed by atoms with Crippen molar-refractivity contribution in [2.45, 2.75) is 85.0 Å². The van der Waals surface area contributed by atoms with Gasteiger partial charge < -0.3 is 0 Å². The van der Waals surface area contributed by atoms with Gasteiger partial charge in [0.1, 0.15) is 0 Å². The Bertz CT molecular complexity index is 303. The van der Waals surface area contributed by atoms with E-state index in [-0.39, 0.29) is 0 Å². The average molecular weight is 262 g/mol. The van der Waals surface area contributed by atoms with Gasteiger partial charge in [-0.2, -0.15) is 0 Å². The van der Waals surface area contributed by atoms with Gasteiger partial charge in [-0.05, 0) is 80.0 Å². The van der Waals surface area contributed by atoms with Gasteiger partial charge in [0, 0.05) is 0 Å². The third-order valence-electron chi connectivity index (χ3n) is 6.95. The van der Waals surface area contributed by atoms with Crippen LogP contribution in [-0.4, -0.2) is 0 Å². The fourth-order valence-corrected chi connectivity index (χ4v) is 5.74. The Morgan fingerprint density at radius 1 is 0.737 bits per heavy atom. The molecule has 0 nitrogen and oxygen atoms in total. The molecule has 0 aromatic heterocycles. The van der Waals surface area contributed by atoms with Crippen molar-refractivity contribution < 1.29 is 0 Å². The zero-order chi connectivity index (χ0) is 13.5.